The second kappa shape index (κ2) is 5.53. The molecule has 0 aromatic heterocycles. The zero-order chi connectivity index (χ0) is 7.11. The number of nitrogens with zero attached hydrogens (tertiary/aromatic N) is 1. The third-order valence-electron chi connectivity index (χ3n) is 0.839. The van der Waals surface area contributed by atoms with Gasteiger partial charge in [0.25, 0.3) is 0 Å². The molecule has 9 heavy (non-hydrogen) atoms. The van der Waals surface area contributed by atoms with Gasteiger partial charge in [-0.25, -0.2) is 0 Å². The first-order chi connectivity index (χ1) is 4.31. The van der Waals surface area contributed by atoms with Crippen LogP contribution in [0.2, 0.25) is 0 Å². The lowest BCUT2D eigenvalue weighted by atomic mass is 10.4. The summed E-state index contributed by atoms with van der Waals surface area (Å²) in [6, 6.07) is 0. The van der Waals surface area contributed by atoms with Crippen LogP contribution in [0.4, 0.5) is 0 Å². The van der Waals surface area contributed by atoms with E-state index in [1.807, 2.05) is 0 Å². The molecular weight excluding hydrogens is 118 g/mol. The van der Waals surface area contributed by atoms with Crippen LogP contribution in [0.3, 0.4) is 0 Å². The summed E-state index contributed by atoms with van der Waals surface area (Å²) >= 11 is 0. The third-order valence-corrected chi connectivity index (χ3v) is 0.839. The van der Waals surface area contributed by atoms with E-state index in [1.54, 1.807) is 0 Å². The Hall–Kier alpha value is -0.610. The number of aliphatic hydroxyl groups is 1. The fraction of sp³-hybridized carbons (Fsp3) is 0.800. The molecule has 0 aliphatic heterocycles. The average molecular weight is 131 g/mol. The van der Waals surface area contributed by atoms with Crippen LogP contribution >= 0.6 is 0 Å². The van der Waals surface area contributed by atoms with Crippen LogP contribution in [0.15, 0.2) is 4.99 Å². The summed E-state index contributed by atoms with van der Waals surface area (Å²) in [4.78, 5) is 3.80. The summed E-state index contributed by atoms with van der Waals surface area (Å²) in [5, 5.41) is 8.35. The maximum atomic E-state index is 8.35. The summed E-state index contributed by atoms with van der Waals surface area (Å²) in [6.45, 7) is 1.07. The van der Waals surface area contributed by atoms with E-state index in [0.717, 1.165) is 6.42 Å². The van der Waals surface area contributed by atoms with Crippen LogP contribution in [-0.2, 0) is 0 Å². The van der Waals surface area contributed by atoms with Gasteiger partial charge < -0.3 is 16.6 Å². The van der Waals surface area contributed by atoms with Gasteiger partial charge in [0.05, 0.1) is 0 Å². The summed E-state index contributed by atoms with van der Waals surface area (Å²) in [5.41, 5.74) is 10.4. The minimum atomic E-state index is -0.162. The molecule has 0 spiro atoms. The number of rotatable bonds is 4. The van der Waals surface area contributed by atoms with E-state index in [-0.39, 0.29) is 12.4 Å². The monoisotopic (exact) mass is 131 g/mol. The number of aliphatic imine (C=N–C) groups is 1. The van der Waals surface area contributed by atoms with E-state index in [4.69, 9.17) is 16.6 Å². The molecule has 0 aromatic carbocycles. The van der Waals surface area contributed by atoms with E-state index in [2.05, 4.69) is 4.99 Å². The normalized spacial score (nSPS) is 12.0. The van der Waals surface area contributed by atoms with Crippen LogP contribution in [-0.4, -0.2) is 30.6 Å². The van der Waals surface area contributed by atoms with Crippen molar-refractivity contribution in [1.82, 2.24) is 0 Å². The van der Waals surface area contributed by atoms with Gasteiger partial charge >= 0.3 is 0 Å². The Morgan fingerprint density at radius 3 is 2.67 bits per heavy atom. The van der Waals surface area contributed by atoms with Crippen molar-refractivity contribution in [3.63, 3.8) is 0 Å². The standard InChI is InChI=1S/C5H13N3O/c6-2-1-3-8-5(7)4-9/h9H,1-4,6H2,(H2,7,8). The molecule has 0 heterocycles. The van der Waals surface area contributed by atoms with Gasteiger partial charge in [-0.2, -0.15) is 0 Å². The Balaban J connectivity index is 3.21. The molecule has 0 unspecified atom stereocenters. The molecule has 0 aliphatic rings. The quantitative estimate of drug-likeness (QED) is 0.251. The molecule has 0 radical (unpaired) electrons. The predicted molar refractivity (Wildman–Crippen MR) is 37.2 cm³/mol. The van der Waals surface area contributed by atoms with Gasteiger partial charge in [-0.05, 0) is 13.0 Å². The lowest BCUT2D eigenvalue weighted by molar-refractivity contribution is 0.355. The first-order valence-electron chi connectivity index (χ1n) is 2.91. The molecule has 0 bridgehead atoms. The van der Waals surface area contributed by atoms with Gasteiger partial charge in [0.1, 0.15) is 12.4 Å². The minimum Gasteiger partial charge on any atom is -0.388 e. The molecule has 4 nitrogen and oxygen atoms in total. The van der Waals surface area contributed by atoms with E-state index in [9.17, 15) is 0 Å². The van der Waals surface area contributed by atoms with Gasteiger partial charge in [-0.3, -0.25) is 4.99 Å². The van der Waals surface area contributed by atoms with Gasteiger partial charge in [0.2, 0.25) is 0 Å². The number of hydrogen-bond acceptors (Lipinski definition) is 3. The maximum absolute atomic E-state index is 8.35. The summed E-state index contributed by atoms with van der Waals surface area (Å²) in [7, 11) is 0. The van der Waals surface area contributed by atoms with E-state index < -0.39 is 0 Å². The van der Waals surface area contributed by atoms with Crippen molar-refractivity contribution in [2.75, 3.05) is 19.7 Å². The van der Waals surface area contributed by atoms with E-state index >= 15 is 0 Å². The lowest BCUT2D eigenvalue weighted by Crippen LogP contribution is -2.17. The van der Waals surface area contributed by atoms with Crippen molar-refractivity contribution < 1.29 is 5.11 Å². The largest absolute Gasteiger partial charge is 0.388 e. The number of amidine groups is 1. The van der Waals surface area contributed by atoms with Gasteiger partial charge in [-0.1, -0.05) is 0 Å². The van der Waals surface area contributed by atoms with Crippen LogP contribution in [0.25, 0.3) is 0 Å². The van der Waals surface area contributed by atoms with Crippen molar-refractivity contribution in [3.8, 4) is 0 Å². The highest BCUT2D eigenvalue weighted by Crippen LogP contribution is 1.76. The van der Waals surface area contributed by atoms with Crippen LogP contribution < -0.4 is 11.5 Å². The van der Waals surface area contributed by atoms with Crippen molar-refractivity contribution in [2.45, 2.75) is 6.42 Å². The van der Waals surface area contributed by atoms with E-state index in [1.165, 1.54) is 0 Å². The highest BCUT2D eigenvalue weighted by molar-refractivity contribution is 5.81. The van der Waals surface area contributed by atoms with Crippen molar-refractivity contribution in [3.05, 3.63) is 0 Å². The van der Waals surface area contributed by atoms with Gasteiger partial charge in [0, 0.05) is 6.54 Å². The van der Waals surface area contributed by atoms with Crippen LogP contribution in [0.5, 0.6) is 0 Å². The molecule has 0 saturated heterocycles. The fourth-order valence-corrected chi connectivity index (χ4v) is 0.364. The second-order valence-electron chi connectivity index (χ2n) is 1.67. The lowest BCUT2D eigenvalue weighted by Gasteiger charge is -1.93. The van der Waals surface area contributed by atoms with Crippen LogP contribution in [0.1, 0.15) is 6.42 Å². The highest BCUT2D eigenvalue weighted by atomic mass is 16.3. The zero-order valence-corrected chi connectivity index (χ0v) is 5.38. The first kappa shape index (κ1) is 8.39. The molecule has 54 valence electrons. The smallest absolute Gasteiger partial charge is 0.120 e. The first-order valence-corrected chi connectivity index (χ1v) is 2.91. The summed E-state index contributed by atoms with van der Waals surface area (Å²) in [5.74, 6) is 0.281. The molecule has 4 heteroatoms. The molecule has 5 N–H and O–H groups in total. The Kier molecular flexibility index (Phi) is 5.15. The SMILES string of the molecule is NCCCN=C(N)CO. The topological polar surface area (TPSA) is 84.6 Å². The number of nitrogens with two attached hydrogens (primary N) is 2. The molecule has 0 saturated carbocycles. The maximum Gasteiger partial charge on any atom is 0.120 e. The fourth-order valence-electron chi connectivity index (χ4n) is 0.364. The molecule has 0 aliphatic carbocycles. The minimum absolute atomic E-state index is 0.162. The molecule has 0 rings (SSSR count). The highest BCUT2D eigenvalue weighted by Gasteiger charge is 1.84. The molecule has 0 amide bonds. The summed E-state index contributed by atoms with van der Waals surface area (Å²) in [6.07, 6.45) is 0.820. The third kappa shape index (κ3) is 5.26. The van der Waals surface area contributed by atoms with Gasteiger partial charge in [0.15, 0.2) is 0 Å². The van der Waals surface area contributed by atoms with Crippen molar-refractivity contribution in [1.29, 1.82) is 0 Å². The molecular formula is C5H13N3O. The Morgan fingerprint density at radius 1 is 1.56 bits per heavy atom. The Labute approximate surface area is 54.6 Å². The zero-order valence-electron chi connectivity index (χ0n) is 5.38. The Morgan fingerprint density at radius 2 is 2.22 bits per heavy atom. The second-order valence-corrected chi connectivity index (χ2v) is 1.67. The van der Waals surface area contributed by atoms with Crippen LogP contribution in [0, 0.1) is 0 Å². The van der Waals surface area contributed by atoms with Gasteiger partial charge in [-0.15, -0.1) is 0 Å². The van der Waals surface area contributed by atoms with Crippen molar-refractivity contribution in [2.24, 2.45) is 16.5 Å². The number of aliphatic hydroxyl groups excluding tert-OH is 1. The number of hydrogen-bond donors (Lipinski definition) is 3. The van der Waals surface area contributed by atoms with E-state index in [0.29, 0.717) is 13.1 Å². The molecule has 0 aromatic rings. The Bertz CT molecular complexity index is 92.2. The molecule has 0 fully saturated rings. The predicted octanol–water partition coefficient (Wildman–Crippen LogP) is -1.32. The van der Waals surface area contributed by atoms with Crippen molar-refractivity contribution >= 4 is 5.84 Å². The average Bonchev–Trinajstić information content (AvgIpc) is 1.89. The summed E-state index contributed by atoms with van der Waals surface area (Å²) < 4.78 is 0. The molecule has 0 atom stereocenters.